The summed E-state index contributed by atoms with van der Waals surface area (Å²) in [6, 6.07) is 16.0. The van der Waals surface area contributed by atoms with E-state index in [1.807, 2.05) is 67.2 Å². The third-order valence-corrected chi connectivity index (χ3v) is 6.75. The maximum Gasteiger partial charge on any atom is 0.335 e. The summed E-state index contributed by atoms with van der Waals surface area (Å²) >= 11 is 1.81. The molecule has 0 saturated heterocycles. The number of allylic oxidation sites excluding steroid dienone is 3. The molecule has 0 spiro atoms. The zero-order valence-electron chi connectivity index (χ0n) is 19.6. The molecule has 2 heterocycles. The van der Waals surface area contributed by atoms with Crippen molar-refractivity contribution in [3.8, 4) is 11.5 Å². The van der Waals surface area contributed by atoms with Crippen LogP contribution in [0.3, 0.4) is 0 Å². The molecule has 6 heteroatoms. The fraction of sp³-hybridized carbons (Fsp3) is 0.321. The third-order valence-electron chi connectivity index (χ3n) is 5.65. The highest BCUT2D eigenvalue weighted by molar-refractivity contribution is 8.03. The number of esters is 1. The zero-order chi connectivity index (χ0) is 23.8. The zero-order valence-corrected chi connectivity index (χ0v) is 20.4. The number of fused-ring (bicyclic) bond motifs is 2. The van der Waals surface area contributed by atoms with E-state index in [9.17, 15) is 4.79 Å². The topological polar surface area (TPSA) is 54.0 Å². The molecule has 0 amide bonds. The molecule has 2 aromatic rings. The van der Waals surface area contributed by atoms with Crippen LogP contribution in [0.4, 0.5) is 0 Å². The largest absolute Gasteiger partial charge is 0.494 e. The first kappa shape index (κ1) is 24.2. The predicted octanol–water partition coefficient (Wildman–Crippen LogP) is 5.96. The Balaban J connectivity index is 1.36. The van der Waals surface area contributed by atoms with Crippen molar-refractivity contribution in [1.82, 2.24) is 0 Å². The summed E-state index contributed by atoms with van der Waals surface area (Å²) in [6.07, 6.45) is 6.69. The number of carbonyl (C=O) groups excluding carboxylic acids is 1. The van der Waals surface area contributed by atoms with Crippen LogP contribution in [0.25, 0.3) is 5.57 Å². The van der Waals surface area contributed by atoms with Gasteiger partial charge in [0.1, 0.15) is 11.5 Å². The Morgan fingerprint density at radius 3 is 2.68 bits per heavy atom. The summed E-state index contributed by atoms with van der Waals surface area (Å²) in [6.45, 7) is 5.07. The van der Waals surface area contributed by atoms with Crippen LogP contribution in [0.15, 0.2) is 77.9 Å². The quantitative estimate of drug-likeness (QED) is 0.393. The Kier molecular flexibility index (Phi) is 8.50. The molecule has 0 aromatic heterocycles. The molecule has 0 bridgehead atoms. The maximum atomic E-state index is 12.1. The van der Waals surface area contributed by atoms with Crippen LogP contribution in [-0.4, -0.2) is 37.1 Å². The summed E-state index contributed by atoms with van der Waals surface area (Å²) in [7, 11) is 0. The molecule has 0 aliphatic carbocycles. The second-order valence-electron chi connectivity index (χ2n) is 7.89. The SMILES string of the molecule is CCOC(=O)C(Cc1ccc(OCCC2SC=CC3=C2c2ccccc2OC=C3)cc1)OCC. The third kappa shape index (κ3) is 5.93. The van der Waals surface area contributed by atoms with Gasteiger partial charge >= 0.3 is 5.97 Å². The Hall–Kier alpha value is -2.96. The maximum absolute atomic E-state index is 12.1. The summed E-state index contributed by atoms with van der Waals surface area (Å²) in [5.74, 6) is 1.37. The number of thioether (sulfide) groups is 1. The molecule has 2 unspecified atom stereocenters. The number of rotatable bonds is 10. The molecule has 0 N–H and O–H groups in total. The van der Waals surface area contributed by atoms with E-state index in [2.05, 4.69) is 17.6 Å². The van der Waals surface area contributed by atoms with Crippen LogP contribution in [0.1, 0.15) is 31.4 Å². The molecule has 0 fully saturated rings. The van der Waals surface area contributed by atoms with Gasteiger partial charge in [-0.2, -0.15) is 0 Å². The highest BCUT2D eigenvalue weighted by Crippen LogP contribution is 2.42. The molecule has 2 aliphatic rings. The van der Waals surface area contributed by atoms with E-state index in [0.29, 0.717) is 26.2 Å². The lowest BCUT2D eigenvalue weighted by atomic mass is 9.94. The van der Waals surface area contributed by atoms with Gasteiger partial charge in [0.2, 0.25) is 0 Å². The predicted molar refractivity (Wildman–Crippen MR) is 136 cm³/mol. The van der Waals surface area contributed by atoms with Crippen LogP contribution in [0, 0.1) is 0 Å². The standard InChI is InChI=1S/C28H30O5S/c1-3-30-25(28(29)31-4-2)19-20-9-11-22(12-10-20)32-17-14-26-27-21(15-18-34-26)13-16-33-24-8-6-5-7-23(24)27/h5-13,15-16,18,25-26H,3-4,14,17,19H2,1-2H3. The Bertz CT molecular complexity index is 1070. The number of carbonyl (C=O) groups is 1. The van der Waals surface area contributed by atoms with Crippen molar-refractivity contribution in [2.75, 3.05) is 19.8 Å². The molecular weight excluding hydrogens is 448 g/mol. The van der Waals surface area contributed by atoms with Crippen molar-refractivity contribution in [3.63, 3.8) is 0 Å². The molecule has 2 atom stereocenters. The van der Waals surface area contributed by atoms with Crippen LogP contribution in [0.5, 0.6) is 11.5 Å². The number of hydrogen-bond acceptors (Lipinski definition) is 6. The fourth-order valence-electron chi connectivity index (χ4n) is 4.08. The van der Waals surface area contributed by atoms with Crippen molar-refractivity contribution in [2.24, 2.45) is 0 Å². The van der Waals surface area contributed by atoms with Gasteiger partial charge in [-0.1, -0.05) is 30.3 Å². The summed E-state index contributed by atoms with van der Waals surface area (Å²) in [4.78, 5) is 12.1. The summed E-state index contributed by atoms with van der Waals surface area (Å²) in [5, 5.41) is 2.43. The average Bonchev–Trinajstić information content (AvgIpc) is 3.05. The minimum atomic E-state index is -0.587. The lowest BCUT2D eigenvalue weighted by Crippen LogP contribution is -2.28. The smallest absolute Gasteiger partial charge is 0.335 e. The van der Waals surface area contributed by atoms with E-state index in [1.54, 1.807) is 13.2 Å². The fourth-order valence-corrected chi connectivity index (χ4v) is 5.12. The monoisotopic (exact) mass is 478 g/mol. The van der Waals surface area contributed by atoms with E-state index in [0.717, 1.165) is 29.0 Å². The van der Waals surface area contributed by atoms with Gasteiger partial charge in [0.25, 0.3) is 0 Å². The van der Waals surface area contributed by atoms with E-state index in [1.165, 1.54) is 11.1 Å². The second kappa shape index (κ2) is 12.0. The average molecular weight is 479 g/mol. The van der Waals surface area contributed by atoms with E-state index in [4.69, 9.17) is 18.9 Å². The van der Waals surface area contributed by atoms with Crippen molar-refractivity contribution in [1.29, 1.82) is 0 Å². The molecule has 5 nitrogen and oxygen atoms in total. The summed E-state index contributed by atoms with van der Waals surface area (Å²) < 4.78 is 22.6. The van der Waals surface area contributed by atoms with Crippen LogP contribution < -0.4 is 9.47 Å². The number of para-hydroxylation sites is 1. The highest BCUT2D eigenvalue weighted by atomic mass is 32.2. The molecule has 0 radical (unpaired) electrons. The van der Waals surface area contributed by atoms with E-state index in [-0.39, 0.29) is 11.2 Å². The molecular formula is C28H30O5S. The minimum absolute atomic E-state index is 0.281. The van der Waals surface area contributed by atoms with Gasteiger partial charge < -0.3 is 18.9 Å². The van der Waals surface area contributed by atoms with Gasteiger partial charge in [-0.3, -0.25) is 0 Å². The first-order valence-corrected chi connectivity index (χ1v) is 12.6. The van der Waals surface area contributed by atoms with Gasteiger partial charge in [-0.05, 0) is 72.7 Å². The second-order valence-corrected chi connectivity index (χ2v) is 9.01. The lowest BCUT2D eigenvalue weighted by Gasteiger charge is -2.24. The van der Waals surface area contributed by atoms with Gasteiger partial charge in [-0.15, -0.1) is 11.8 Å². The van der Waals surface area contributed by atoms with Gasteiger partial charge in [0.05, 0.1) is 19.5 Å². The number of benzene rings is 2. The number of hydrogen-bond donors (Lipinski definition) is 0. The Morgan fingerprint density at radius 1 is 1.06 bits per heavy atom. The highest BCUT2D eigenvalue weighted by Gasteiger charge is 2.25. The number of ether oxygens (including phenoxy) is 4. The molecule has 178 valence electrons. The van der Waals surface area contributed by atoms with Crippen LogP contribution in [-0.2, 0) is 20.7 Å². The van der Waals surface area contributed by atoms with Crippen molar-refractivity contribution < 1.29 is 23.7 Å². The van der Waals surface area contributed by atoms with Crippen LogP contribution in [0.2, 0.25) is 0 Å². The molecule has 2 aromatic carbocycles. The van der Waals surface area contributed by atoms with Gasteiger partial charge in [-0.25, -0.2) is 4.79 Å². The Labute approximate surface area is 205 Å². The lowest BCUT2D eigenvalue weighted by molar-refractivity contribution is -0.156. The van der Waals surface area contributed by atoms with Crippen molar-refractivity contribution >= 4 is 23.3 Å². The minimum Gasteiger partial charge on any atom is -0.494 e. The van der Waals surface area contributed by atoms with Gasteiger partial charge in [0, 0.05) is 23.8 Å². The molecule has 34 heavy (non-hydrogen) atoms. The van der Waals surface area contributed by atoms with E-state index < -0.39 is 6.10 Å². The first-order valence-electron chi connectivity index (χ1n) is 11.7. The summed E-state index contributed by atoms with van der Waals surface area (Å²) in [5.41, 5.74) is 4.61. The van der Waals surface area contributed by atoms with Crippen molar-refractivity contribution in [2.45, 2.75) is 38.0 Å². The van der Waals surface area contributed by atoms with E-state index >= 15 is 0 Å². The Morgan fingerprint density at radius 2 is 1.88 bits per heavy atom. The molecule has 0 saturated carbocycles. The van der Waals surface area contributed by atoms with Crippen LogP contribution >= 0.6 is 11.8 Å². The van der Waals surface area contributed by atoms with Crippen molar-refractivity contribution in [3.05, 3.63) is 89.1 Å². The normalized spacial score (nSPS) is 17.3. The van der Waals surface area contributed by atoms with Gasteiger partial charge in [0.15, 0.2) is 6.10 Å². The molecule has 2 aliphatic heterocycles. The first-order chi connectivity index (χ1) is 16.7. The molecule has 4 rings (SSSR count).